The standard InChI is InChI=1S/C14H17FN2O4/c1-14(2)8-9(5-6-21-14)16-13(18)11-7-10(17(19)20)3-4-12(11)15/h3-4,7,9H,5-6,8H2,1-2H3,(H,16,18)/t9-/m1/s1. The molecule has 1 fully saturated rings. The average Bonchev–Trinajstić information content (AvgIpc) is 2.37. The molecule has 0 unspecified atom stereocenters. The molecule has 0 spiro atoms. The Balaban J connectivity index is 2.13. The molecule has 1 aliphatic heterocycles. The van der Waals surface area contributed by atoms with Crippen molar-refractivity contribution in [3.8, 4) is 0 Å². The van der Waals surface area contributed by atoms with E-state index >= 15 is 0 Å². The molecule has 6 nitrogen and oxygen atoms in total. The number of nitro benzene ring substituents is 1. The third-order valence-corrected chi connectivity index (χ3v) is 3.44. The Labute approximate surface area is 121 Å². The van der Waals surface area contributed by atoms with E-state index in [0.717, 1.165) is 18.2 Å². The first kappa shape index (κ1) is 15.4. The Morgan fingerprint density at radius 3 is 2.86 bits per heavy atom. The van der Waals surface area contributed by atoms with E-state index in [4.69, 9.17) is 4.74 Å². The monoisotopic (exact) mass is 296 g/mol. The summed E-state index contributed by atoms with van der Waals surface area (Å²) < 4.78 is 19.2. The summed E-state index contributed by atoms with van der Waals surface area (Å²) in [4.78, 5) is 22.1. The van der Waals surface area contributed by atoms with Crippen molar-refractivity contribution in [3.05, 3.63) is 39.7 Å². The van der Waals surface area contributed by atoms with Gasteiger partial charge in [0, 0.05) is 24.8 Å². The van der Waals surface area contributed by atoms with Crippen LogP contribution in [-0.2, 0) is 4.74 Å². The Morgan fingerprint density at radius 2 is 2.24 bits per heavy atom. The Hall–Kier alpha value is -2.02. The molecule has 1 amide bonds. The highest BCUT2D eigenvalue weighted by Crippen LogP contribution is 2.24. The molecule has 0 aromatic heterocycles. The number of carbonyl (C=O) groups is 1. The maximum atomic E-state index is 13.7. The number of rotatable bonds is 3. The summed E-state index contributed by atoms with van der Waals surface area (Å²) >= 11 is 0. The van der Waals surface area contributed by atoms with Gasteiger partial charge < -0.3 is 10.1 Å². The quantitative estimate of drug-likeness (QED) is 0.686. The summed E-state index contributed by atoms with van der Waals surface area (Å²) in [5.41, 5.74) is -0.973. The zero-order valence-electron chi connectivity index (χ0n) is 11.9. The molecule has 1 aromatic rings. The first-order valence-electron chi connectivity index (χ1n) is 6.67. The molecule has 1 heterocycles. The summed E-state index contributed by atoms with van der Waals surface area (Å²) in [6, 6.07) is 2.78. The second-order valence-corrected chi connectivity index (χ2v) is 5.69. The van der Waals surface area contributed by atoms with Gasteiger partial charge in [0.25, 0.3) is 11.6 Å². The largest absolute Gasteiger partial charge is 0.375 e. The van der Waals surface area contributed by atoms with Crippen LogP contribution in [0, 0.1) is 15.9 Å². The van der Waals surface area contributed by atoms with E-state index < -0.39 is 16.6 Å². The number of benzene rings is 1. The van der Waals surface area contributed by atoms with E-state index in [1.807, 2.05) is 13.8 Å². The van der Waals surface area contributed by atoms with Gasteiger partial charge in [0.15, 0.2) is 0 Å². The van der Waals surface area contributed by atoms with Crippen LogP contribution >= 0.6 is 0 Å². The predicted octanol–water partition coefficient (Wildman–Crippen LogP) is 2.42. The average molecular weight is 296 g/mol. The molecule has 1 saturated heterocycles. The molecule has 0 radical (unpaired) electrons. The normalized spacial score (nSPS) is 20.8. The van der Waals surface area contributed by atoms with Gasteiger partial charge in [-0.05, 0) is 32.8 Å². The van der Waals surface area contributed by atoms with Crippen molar-refractivity contribution in [2.75, 3.05) is 6.61 Å². The number of hydrogen-bond acceptors (Lipinski definition) is 4. The van der Waals surface area contributed by atoms with Gasteiger partial charge in [-0.15, -0.1) is 0 Å². The maximum Gasteiger partial charge on any atom is 0.270 e. The van der Waals surface area contributed by atoms with Gasteiger partial charge in [-0.1, -0.05) is 0 Å². The van der Waals surface area contributed by atoms with Crippen LogP contribution in [0.15, 0.2) is 18.2 Å². The summed E-state index contributed by atoms with van der Waals surface area (Å²) in [5.74, 6) is -1.41. The highest BCUT2D eigenvalue weighted by atomic mass is 19.1. The van der Waals surface area contributed by atoms with E-state index in [0.29, 0.717) is 19.4 Å². The minimum absolute atomic E-state index is 0.139. The molecule has 1 atom stereocenters. The topological polar surface area (TPSA) is 81.5 Å². The molecule has 0 bridgehead atoms. The van der Waals surface area contributed by atoms with Crippen LogP contribution in [0.4, 0.5) is 10.1 Å². The number of non-ortho nitro benzene ring substituents is 1. The van der Waals surface area contributed by atoms with Gasteiger partial charge in [-0.2, -0.15) is 0 Å². The summed E-state index contributed by atoms with van der Waals surface area (Å²) in [6.07, 6.45) is 1.24. The fourth-order valence-corrected chi connectivity index (χ4v) is 2.42. The number of carbonyl (C=O) groups excluding carboxylic acids is 1. The maximum absolute atomic E-state index is 13.7. The predicted molar refractivity (Wildman–Crippen MR) is 73.6 cm³/mol. The van der Waals surface area contributed by atoms with Gasteiger partial charge in [0.05, 0.1) is 16.1 Å². The van der Waals surface area contributed by atoms with Gasteiger partial charge in [0.2, 0.25) is 0 Å². The number of nitrogens with zero attached hydrogens (tertiary/aromatic N) is 1. The van der Waals surface area contributed by atoms with Gasteiger partial charge in [-0.25, -0.2) is 4.39 Å². The second-order valence-electron chi connectivity index (χ2n) is 5.69. The smallest absolute Gasteiger partial charge is 0.270 e. The highest BCUT2D eigenvalue weighted by molar-refractivity contribution is 5.95. The Bertz CT molecular complexity index is 574. The molecule has 1 aromatic carbocycles. The van der Waals surface area contributed by atoms with Crippen LogP contribution in [0.2, 0.25) is 0 Å². The van der Waals surface area contributed by atoms with Crippen molar-refractivity contribution >= 4 is 11.6 Å². The van der Waals surface area contributed by atoms with E-state index in [9.17, 15) is 19.3 Å². The number of hydrogen-bond donors (Lipinski definition) is 1. The van der Waals surface area contributed by atoms with E-state index in [1.54, 1.807) is 0 Å². The van der Waals surface area contributed by atoms with Gasteiger partial charge in [-0.3, -0.25) is 14.9 Å². The van der Waals surface area contributed by atoms with Crippen molar-refractivity contribution in [2.45, 2.75) is 38.3 Å². The fourth-order valence-electron chi connectivity index (χ4n) is 2.42. The minimum atomic E-state index is -0.774. The molecule has 0 aliphatic carbocycles. The number of nitro groups is 1. The molecule has 7 heteroatoms. The SMILES string of the molecule is CC1(C)C[C@H](NC(=O)c2cc([N+](=O)[O-])ccc2F)CCO1. The zero-order valence-corrected chi connectivity index (χ0v) is 11.9. The summed E-state index contributed by atoms with van der Waals surface area (Å²) in [6.45, 7) is 4.34. The van der Waals surface area contributed by atoms with Crippen molar-refractivity contribution in [1.82, 2.24) is 5.32 Å². The van der Waals surface area contributed by atoms with E-state index in [-0.39, 0.29) is 22.9 Å². The lowest BCUT2D eigenvalue weighted by Gasteiger charge is -2.35. The number of halogens is 1. The van der Waals surface area contributed by atoms with Crippen LogP contribution in [0.3, 0.4) is 0 Å². The van der Waals surface area contributed by atoms with Crippen LogP contribution in [0.5, 0.6) is 0 Å². The summed E-state index contributed by atoms with van der Waals surface area (Å²) in [7, 11) is 0. The molecule has 1 N–H and O–H groups in total. The zero-order chi connectivity index (χ0) is 15.6. The molecular weight excluding hydrogens is 279 g/mol. The van der Waals surface area contributed by atoms with E-state index in [1.165, 1.54) is 0 Å². The molecule has 2 rings (SSSR count). The summed E-state index contributed by atoms with van der Waals surface area (Å²) in [5, 5.41) is 13.4. The molecular formula is C14H17FN2O4. The number of ether oxygens (including phenoxy) is 1. The number of nitrogens with one attached hydrogen (secondary N) is 1. The van der Waals surface area contributed by atoms with Crippen molar-refractivity contribution in [3.63, 3.8) is 0 Å². The first-order valence-corrected chi connectivity index (χ1v) is 6.67. The first-order chi connectivity index (χ1) is 9.78. The Kier molecular flexibility index (Phi) is 4.22. The third-order valence-electron chi connectivity index (χ3n) is 3.44. The molecule has 21 heavy (non-hydrogen) atoms. The van der Waals surface area contributed by atoms with Crippen molar-refractivity contribution < 1.29 is 18.8 Å². The lowest BCUT2D eigenvalue weighted by atomic mass is 9.93. The number of amides is 1. The minimum Gasteiger partial charge on any atom is -0.375 e. The van der Waals surface area contributed by atoms with Gasteiger partial charge >= 0.3 is 0 Å². The van der Waals surface area contributed by atoms with Crippen molar-refractivity contribution in [2.24, 2.45) is 0 Å². The van der Waals surface area contributed by atoms with Crippen LogP contribution in [0.25, 0.3) is 0 Å². The lowest BCUT2D eigenvalue weighted by Crippen LogP contribution is -2.46. The van der Waals surface area contributed by atoms with Crippen LogP contribution in [-0.4, -0.2) is 29.1 Å². The van der Waals surface area contributed by atoms with E-state index in [2.05, 4.69) is 5.32 Å². The third kappa shape index (κ3) is 3.75. The molecule has 0 saturated carbocycles. The van der Waals surface area contributed by atoms with Crippen LogP contribution in [0.1, 0.15) is 37.0 Å². The Morgan fingerprint density at radius 1 is 1.52 bits per heavy atom. The molecule has 114 valence electrons. The van der Waals surface area contributed by atoms with Crippen molar-refractivity contribution in [1.29, 1.82) is 0 Å². The fraction of sp³-hybridized carbons (Fsp3) is 0.500. The molecule has 1 aliphatic rings. The van der Waals surface area contributed by atoms with Crippen LogP contribution < -0.4 is 5.32 Å². The lowest BCUT2D eigenvalue weighted by molar-refractivity contribution is -0.384. The highest BCUT2D eigenvalue weighted by Gasteiger charge is 2.30. The van der Waals surface area contributed by atoms with Gasteiger partial charge in [0.1, 0.15) is 5.82 Å². The second kappa shape index (κ2) is 5.77.